The molecule has 2 aromatic carbocycles. The van der Waals surface area contributed by atoms with Crippen LogP contribution >= 0.6 is 0 Å². The molecule has 0 amide bonds. The Morgan fingerprint density at radius 2 is 1.79 bits per heavy atom. The van der Waals surface area contributed by atoms with Crippen molar-refractivity contribution in [2.45, 2.75) is 19.1 Å². The molecule has 1 aliphatic heterocycles. The summed E-state index contributed by atoms with van der Waals surface area (Å²) in [6.07, 6.45) is -3.32. The van der Waals surface area contributed by atoms with Gasteiger partial charge >= 0.3 is 12.2 Å². The standard InChI is InChI=1S/C23H15F5N4O/c24-15-5-6-19-16(10-15)21(31-22(30-19)33-20-4-2-1-3-17(20)25)32-8-7-18-13(12-32)9-14(11-29-18)23(26,27)28/h1-6,9-11H,7-8,12H2. The zero-order valence-corrected chi connectivity index (χ0v) is 16.9. The fourth-order valence-corrected chi connectivity index (χ4v) is 3.74. The van der Waals surface area contributed by atoms with Crippen LogP contribution < -0.4 is 9.64 Å². The Kier molecular flexibility index (Phi) is 5.07. The maximum absolute atomic E-state index is 14.1. The zero-order chi connectivity index (χ0) is 23.2. The highest BCUT2D eigenvalue weighted by atomic mass is 19.4. The molecule has 0 radical (unpaired) electrons. The number of ether oxygens (including phenoxy) is 1. The van der Waals surface area contributed by atoms with Gasteiger partial charge in [-0.05, 0) is 42.0 Å². The first-order valence-electron chi connectivity index (χ1n) is 9.97. The van der Waals surface area contributed by atoms with E-state index < -0.39 is 23.4 Å². The minimum atomic E-state index is -4.52. The summed E-state index contributed by atoms with van der Waals surface area (Å²) in [7, 11) is 0. The number of aromatic nitrogens is 3. The smallest absolute Gasteiger partial charge is 0.417 e. The van der Waals surface area contributed by atoms with E-state index in [0.717, 1.165) is 12.3 Å². The van der Waals surface area contributed by atoms with E-state index in [1.165, 1.54) is 36.4 Å². The van der Waals surface area contributed by atoms with Crippen LogP contribution in [0.1, 0.15) is 16.8 Å². The number of hydrogen-bond acceptors (Lipinski definition) is 5. The van der Waals surface area contributed by atoms with E-state index in [1.54, 1.807) is 11.0 Å². The van der Waals surface area contributed by atoms with Crippen LogP contribution in [0.15, 0.2) is 54.7 Å². The molecule has 1 aliphatic rings. The molecule has 0 saturated carbocycles. The summed E-state index contributed by atoms with van der Waals surface area (Å²) in [6, 6.07) is 10.5. The quantitative estimate of drug-likeness (QED) is 0.370. The Bertz CT molecular complexity index is 1360. The maximum Gasteiger partial charge on any atom is 0.417 e. The number of pyridine rings is 1. The Balaban J connectivity index is 1.57. The monoisotopic (exact) mass is 458 g/mol. The lowest BCUT2D eigenvalue weighted by Gasteiger charge is -2.30. The van der Waals surface area contributed by atoms with Crippen molar-refractivity contribution in [2.75, 3.05) is 11.4 Å². The van der Waals surface area contributed by atoms with Gasteiger partial charge in [0.15, 0.2) is 11.6 Å². The molecule has 0 spiro atoms. The highest BCUT2D eigenvalue weighted by Crippen LogP contribution is 2.34. The highest BCUT2D eigenvalue weighted by Gasteiger charge is 2.33. The van der Waals surface area contributed by atoms with Crippen molar-refractivity contribution in [2.24, 2.45) is 0 Å². The summed E-state index contributed by atoms with van der Waals surface area (Å²) in [5.41, 5.74) is 0.466. The van der Waals surface area contributed by atoms with Crippen molar-refractivity contribution in [1.29, 1.82) is 0 Å². The average molecular weight is 458 g/mol. The topological polar surface area (TPSA) is 51.1 Å². The van der Waals surface area contributed by atoms with Crippen molar-refractivity contribution in [3.8, 4) is 11.8 Å². The third-order valence-electron chi connectivity index (χ3n) is 5.32. The Labute approximate surface area is 184 Å². The molecule has 0 atom stereocenters. The van der Waals surface area contributed by atoms with Gasteiger partial charge in [0, 0.05) is 36.8 Å². The molecule has 5 nitrogen and oxygen atoms in total. The van der Waals surface area contributed by atoms with E-state index in [9.17, 15) is 22.0 Å². The molecule has 3 heterocycles. The van der Waals surface area contributed by atoms with Gasteiger partial charge in [-0.25, -0.2) is 8.78 Å². The van der Waals surface area contributed by atoms with Crippen LogP contribution in [0.3, 0.4) is 0 Å². The van der Waals surface area contributed by atoms with Gasteiger partial charge in [0.2, 0.25) is 0 Å². The van der Waals surface area contributed by atoms with Crippen LogP contribution in [0.5, 0.6) is 11.8 Å². The molecular formula is C23H15F5N4O. The lowest BCUT2D eigenvalue weighted by molar-refractivity contribution is -0.137. The average Bonchev–Trinajstić information content (AvgIpc) is 2.79. The summed E-state index contributed by atoms with van der Waals surface area (Å²) >= 11 is 0. The molecule has 5 rings (SSSR count). The van der Waals surface area contributed by atoms with Gasteiger partial charge < -0.3 is 9.64 Å². The van der Waals surface area contributed by atoms with E-state index >= 15 is 0 Å². The zero-order valence-electron chi connectivity index (χ0n) is 16.9. The van der Waals surface area contributed by atoms with Crippen molar-refractivity contribution in [3.63, 3.8) is 0 Å². The number of benzene rings is 2. The van der Waals surface area contributed by atoms with Crippen LogP contribution in [-0.2, 0) is 19.1 Å². The molecule has 0 bridgehead atoms. The number of rotatable bonds is 3. The molecule has 4 aromatic rings. The summed E-state index contributed by atoms with van der Waals surface area (Å²) in [5.74, 6) is -0.949. The van der Waals surface area contributed by atoms with Crippen LogP contribution in [0.2, 0.25) is 0 Å². The minimum Gasteiger partial charge on any atom is -0.421 e. The molecule has 2 aromatic heterocycles. The number of alkyl halides is 3. The van der Waals surface area contributed by atoms with Crippen molar-refractivity contribution < 1.29 is 26.7 Å². The Morgan fingerprint density at radius 3 is 2.58 bits per heavy atom. The lowest BCUT2D eigenvalue weighted by atomic mass is 10.0. The summed E-state index contributed by atoms with van der Waals surface area (Å²) in [6.45, 7) is 0.459. The number of halogens is 5. The first kappa shape index (κ1) is 21.0. The molecule has 0 unspecified atom stereocenters. The number of fused-ring (bicyclic) bond motifs is 2. The lowest BCUT2D eigenvalue weighted by Crippen LogP contribution is -2.32. The summed E-state index contributed by atoms with van der Waals surface area (Å²) in [4.78, 5) is 14.3. The molecule has 0 fully saturated rings. The maximum atomic E-state index is 14.1. The van der Waals surface area contributed by atoms with Gasteiger partial charge in [-0.1, -0.05) is 12.1 Å². The van der Waals surface area contributed by atoms with Gasteiger partial charge in [0.05, 0.1) is 11.1 Å². The van der Waals surface area contributed by atoms with Crippen LogP contribution in [0.4, 0.5) is 27.8 Å². The Morgan fingerprint density at radius 1 is 0.970 bits per heavy atom. The predicted molar refractivity (Wildman–Crippen MR) is 110 cm³/mol. The fourth-order valence-electron chi connectivity index (χ4n) is 3.74. The Hall–Kier alpha value is -3.82. The highest BCUT2D eigenvalue weighted by molar-refractivity contribution is 5.90. The predicted octanol–water partition coefficient (Wildman–Crippen LogP) is 5.68. The third kappa shape index (κ3) is 4.15. The van der Waals surface area contributed by atoms with Crippen LogP contribution in [-0.4, -0.2) is 21.5 Å². The van der Waals surface area contributed by atoms with Crippen molar-refractivity contribution in [1.82, 2.24) is 15.0 Å². The summed E-state index contributed by atoms with van der Waals surface area (Å²) in [5, 5.41) is 0.360. The second kappa shape index (κ2) is 7.95. The SMILES string of the molecule is Fc1ccc2nc(Oc3ccccc3F)nc(N3CCc4ncc(C(F)(F)F)cc4C3)c2c1. The first-order chi connectivity index (χ1) is 15.8. The van der Waals surface area contributed by atoms with Gasteiger partial charge in [0.25, 0.3) is 0 Å². The van der Waals surface area contributed by atoms with E-state index in [1.807, 2.05) is 0 Å². The second-order valence-electron chi connectivity index (χ2n) is 7.52. The molecule has 0 N–H and O–H groups in total. The van der Waals surface area contributed by atoms with Crippen LogP contribution in [0, 0.1) is 11.6 Å². The molecule has 0 saturated heterocycles. The van der Waals surface area contributed by atoms with E-state index in [0.29, 0.717) is 35.1 Å². The van der Waals surface area contributed by atoms with Gasteiger partial charge in [-0.15, -0.1) is 0 Å². The third-order valence-corrected chi connectivity index (χ3v) is 5.32. The van der Waals surface area contributed by atoms with E-state index in [2.05, 4.69) is 15.0 Å². The van der Waals surface area contributed by atoms with Gasteiger partial charge in [-0.3, -0.25) is 4.98 Å². The molecule has 33 heavy (non-hydrogen) atoms. The van der Waals surface area contributed by atoms with Crippen LogP contribution in [0.25, 0.3) is 10.9 Å². The van der Waals surface area contributed by atoms with E-state index in [-0.39, 0.29) is 24.1 Å². The van der Waals surface area contributed by atoms with Crippen molar-refractivity contribution in [3.05, 3.63) is 83.2 Å². The van der Waals surface area contributed by atoms with E-state index in [4.69, 9.17) is 4.74 Å². The molecule has 168 valence electrons. The summed E-state index contributed by atoms with van der Waals surface area (Å²) < 4.78 is 73.1. The van der Waals surface area contributed by atoms with Gasteiger partial charge in [0.1, 0.15) is 11.6 Å². The number of para-hydroxylation sites is 1. The van der Waals surface area contributed by atoms with Gasteiger partial charge in [-0.2, -0.15) is 23.1 Å². The first-order valence-corrected chi connectivity index (χ1v) is 9.97. The fraction of sp³-hybridized carbons (Fsp3) is 0.174. The molecule has 10 heteroatoms. The number of anilines is 1. The minimum absolute atomic E-state index is 0.0774. The number of hydrogen-bond donors (Lipinski definition) is 0. The molecular weight excluding hydrogens is 443 g/mol. The van der Waals surface area contributed by atoms with Crippen molar-refractivity contribution >= 4 is 16.7 Å². The molecule has 0 aliphatic carbocycles. The number of nitrogens with zero attached hydrogens (tertiary/aromatic N) is 4. The second-order valence-corrected chi connectivity index (χ2v) is 7.52. The normalized spacial score (nSPS) is 13.8. The largest absolute Gasteiger partial charge is 0.421 e.